The normalized spacial score (nSPS) is 14.1. The molecule has 0 saturated heterocycles. The maximum atomic E-state index is 11.8. The first-order valence-corrected chi connectivity index (χ1v) is 4.75. The Morgan fingerprint density at radius 2 is 2.25 bits per heavy atom. The van der Waals surface area contributed by atoms with E-state index in [9.17, 15) is 13.2 Å². The summed E-state index contributed by atoms with van der Waals surface area (Å²) in [4.78, 5) is 4.02. The third-order valence-electron chi connectivity index (χ3n) is 1.96. The Morgan fingerprint density at radius 3 is 2.75 bits per heavy atom. The van der Waals surface area contributed by atoms with Crippen molar-refractivity contribution in [3.63, 3.8) is 0 Å². The average molecular weight is 237 g/mol. The summed E-state index contributed by atoms with van der Waals surface area (Å²) in [5.74, 6) is 0.725. The van der Waals surface area contributed by atoms with Crippen LogP contribution in [0, 0.1) is 0 Å². The first-order valence-electron chi connectivity index (χ1n) is 4.75. The second-order valence-corrected chi connectivity index (χ2v) is 3.55. The minimum atomic E-state index is -4.30. The molecule has 0 aliphatic rings. The predicted octanol–water partition coefficient (Wildman–Crippen LogP) is 0.869. The van der Waals surface area contributed by atoms with Gasteiger partial charge in [-0.15, -0.1) is 0 Å². The van der Waals surface area contributed by atoms with Gasteiger partial charge in [0.1, 0.15) is 12.4 Å². The topological polar surface area (TPSA) is 53.1 Å². The van der Waals surface area contributed by atoms with Gasteiger partial charge in [0.15, 0.2) is 0 Å². The van der Waals surface area contributed by atoms with Gasteiger partial charge in [-0.2, -0.15) is 13.2 Å². The lowest BCUT2D eigenvalue weighted by Gasteiger charge is -2.13. The van der Waals surface area contributed by atoms with Crippen LogP contribution in [-0.2, 0) is 18.2 Å². The molecule has 0 saturated carbocycles. The van der Waals surface area contributed by atoms with Crippen molar-refractivity contribution in [2.24, 2.45) is 12.8 Å². The summed E-state index contributed by atoms with van der Waals surface area (Å²) in [6.07, 6.45) is -0.554. The molecule has 1 aromatic rings. The maximum Gasteiger partial charge on any atom is 0.411 e. The van der Waals surface area contributed by atoms with Crippen LogP contribution in [0.5, 0.6) is 0 Å². The highest BCUT2D eigenvalue weighted by Crippen LogP contribution is 2.14. The highest BCUT2D eigenvalue weighted by atomic mass is 19.4. The van der Waals surface area contributed by atoms with Crippen molar-refractivity contribution in [1.82, 2.24) is 9.55 Å². The number of aromatic nitrogens is 2. The van der Waals surface area contributed by atoms with Gasteiger partial charge in [-0.05, 0) is 0 Å². The number of aryl methyl sites for hydroxylation is 1. The lowest BCUT2D eigenvalue weighted by molar-refractivity contribution is -0.174. The number of nitrogens with zero attached hydrogens (tertiary/aromatic N) is 2. The van der Waals surface area contributed by atoms with Crippen molar-refractivity contribution in [2.75, 3.05) is 13.2 Å². The SMILES string of the molecule is Cn1ccnc1CC(N)COCC(F)(F)F. The van der Waals surface area contributed by atoms with Crippen LogP contribution < -0.4 is 5.73 Å². The summed E-state index contributed by atoms with van der Waals surface area (Å²) in [6.45, 7) is -1.40. The molecule has 0 fully saturated rings. The molecule has 0 spiro atoms. The van der Waals surface area contributed by atoms with Crippen molar-refractivity contribution < 1.29 is 17.9 Å². The highest BCUT2D eigenvalue weighted by Gasteiger charge is 2.27. The second-order valence-electron chi connectivity index (χ2n) is 3.55. The van der Waals surface area contributed by atoms with Crippen LogP contribution in [0.2, 0.25) is 0 Å². The molecule has 0 aromatic carbocycles. The molecule has 1 heterocycles. The molecule has 92 valence electrons. The second kappa shape index (κ2) is 5.31. The first kappa shape index (κ1) is 13.0. The minimum Gasteiger partial charge on any atom is -0.370 e. The van der Waals surface area contributed by atoms with Gasteiger partial charge >= 0.3 is 6.18 Å². The van der Waals surface area contributed by atoms with E-state index in [0.717, 1.165) is 5.82 Å². The fraction of sp³-hybridized carbons (Fsp3) is 0.667. The number of hydrogen-bond acceptors (Lipinski definition) is 3. The van der Waals surface area contributed by atoms with E-state index in [1.54, 1.807) is 24.0 Å². The van der Waals surface area contributed by atoms with Crippen molar-refractivity contribution in [1.29, 1.82) is 0 Å². The Kier molecular flexibility index (Phi) is 4.31. The molecule has 4 nitrogen and oxygen atoms in total. The molecule has 0 aliphatic carbocycles. The monoisotopic (exact) mass is 237 g/mol. The van der Waals surface area contributed by atoms with E-state index in [0.29, 0.717) is 6.42 Å². The summed E-state index contributed by atoms with van der Waals surface area (Å²) < 4.78 is 41.5. The molecule has 0 radical (unpaired) electrons. The van der Waals surface area contributed by atoms with E-state index in [4.69, 9.17) is 5.73 Å². The van der Waals surface area contributed by atoms with E-state index in [-0.39, 0.29) is 6.61 Å². The van der Waals surface area contributed by atoms with E-state index in [1.165, 1.54) is 0 Å². The molecule has 2 N–H and O–H groups in total. The lowest BCUT2D eigenvalue weighted by Crippen LogP contribution is -2.31. The lowest BCUT2D eigenvalue weighted by atomic mass is 10.2. The molecular weight excluding hydrogens is 223 g/mol. The zero-order valence-electron chi connectivity index (χ0n) is 8.87. The summed E-state index contributed by atoms with van der Waals surface area (Å²) in [7, 11) is 1.80. The molecule has 16 heavy (non-hydrogen) atoms. The van der Waals surface area contributed by atoms with Crippen molar-refractivity contribution >= 4 is 0 Å². The molecule has 1 aromatic heterocycles. The molecule has 1 rings (SSSR count). The van der Waals surface area contributed by atoms with Crippen LogP contribution in [0.25, 0.3) is 0 Å². The summed E-state index contributed by atoms with van der Waals surface area (Å²) in [5.41, 5.74) is 5.62. The zero-order valence-corrected chi connectivity index (χ0v) is 8.87. The van der Waals surface area contributed by atoms with Crippen LogP contribution in [-0.4, -0.2) is 35.0 Å². The summed E-state index contributed by atoms with van der Waals surface area (Å²) >= 11 is 0. The number of imidazole rings is 1. The van der Waals surface area contributed by atoms with Gasteiger partial charge in [-0.3, -0.25) is 0 Å². The number of alkyl halides is 3. The van der Waals surface area contributed by atoms with Crippen LogP contribution in [0.3, 0.4) is 0 Å². The molecule has 1 atom stereocenters. The predicted molar refractivity (Wildman–Crippen MR) is 51.8 cm³/mol. The molecule has 0 bridgehead atoms. The van der Waals surface area contributed by atoms with Crippen LogP contribution in [0.4, 0.5) is 13.2 Å². The quantitative estimate of drug-likeness (QED) is 0.826. The van der Waals surface area contributed by atoms with Crippen LogP contribution in [0.15, 0.2) is 12.4 Å². The molecule has 0 amide bonds. The molecular formula is C9H14F3N3O. The van der Waals surface area contributed by atoms with Gasteiger partial charge in [0.2, 0.25) is 0 Å². The van der Waals surface area contributed by atoms with Crippen LogP contribution in [0.1, 0.15) is 5.82 Å². The van der Waals surface area contributed by atoms with Gasteiger partial charge in [0, 0.05) is 31.9 Å². The van der Waals surface area contributed by atoms with Gasteiger partial charge in [-0.25, -0.2) is 4.98 Å². The third-order valence-corrected chi connectivity index (χ3v) is 1.96. The molecule has 1 unspecified atom stereocenters. The van der Waals surface area contributed by atoms with Crippen molar-refractivity contribution in [3.8, 4) is 0 Å². The van der Waals surface area contributed by atoms with Gasteiger partial charge < -0.3 is 15.0 Å². The van der Waals surface area contributed by atoms with Crippen molar-refractivity contribution in [3.05, 3.63) is 18.2 Å². The van der Waals surface area contributed by atoms with Gasteiger partial charge in [0.05, 0.1) is 6.61 Å². The fourth-order valence-corrected chi connectivity index (χ4v) is 1.21. The fourth-order valence-electron chi connectivity index (χ4n) is 1.21. The van der Waals surface area contributed by atoms with E-state index >= 15 is 0 Å². The Balaban J connectivity index is 2.26. The Bertz CT molecular complexity index is 324. The maximum absolute atomic E-state index is 11.8. The van der Waals surface area contributed by atoms with Crippen molar-refractivity contribution in [2.45, 2.75) is 18.6 Å². The number of ether oxygens (including phenoxy) is 1. The largest absolute Gasteiger partial charge is 0.411 e. The van der Waals surface area contributed by atoms with Gasteiger partial charge in [-0.1, -0.05) is 0 Å². The Hall–Kier alpha value is -1.08. The van der Waals surface area contributed by atoms with E-state index < -0.39 is 18.8 Å². The molecule has 7 heteroatoms. The minimum absolute atomic E-state index is 0.133. The summed E-state index contributed by atoms with van der Waals surface area (Å²) in [6, 6.07) is -0.483. The number of halogens is 3. The summed E-state index contributed by atoms with van der Waals surface area (Å²) in [5, 5.41) is 0. The Morgan fingerprint density at radius 1 is 1.56 bits per heavy atom. The Labute approximate surface area is 91.2 Å². The van der Waals surface area contributed by atoms with E-state index in [1.807, 2.05) is 0 Å². The number of hydrogen-bond donors (Lipinski definition) is 1. The van der Waals surface area contributed by atoms with Crippen LogP contribution >= 0.6 is 0 Å². The van der Waals surface area contributed by atoms with E-state index in [2.05, 4.69) is 9.72 Å². The smallest absolute Gasteiger partial charge is 0.370 e. The highest BCUT2D eigenvalue weighted by molar-refractivity contribution is 4.93. The number of rotatable bonds is 5. The third kappa shape index (κ3) is 4.63. The standard InChI is InChI=1S/C9H14F3N3O/c1-15-3-2-14-8(15)4-7(13)5-16-6-9(10,11)12/h2-3,7H,4-6,13H2,1H3. The number of nitrogens with two attached hydrogens (primary N) is 1. The zero-order chi connectivity index (χ0) is 12.2. The molecule has 0 aliphatic heterocycles. The average Bonchev–Trinajstić information content (AvgIpc) is 2.49. The first-order chi connectivity index (χ1) is 7.38. The van der Waals surface area contributed by atoms with Gasteiger partial charge in [0.25, 0.3) is 0 Å².